The maximum absolute atomic E-state index is 13.1. The van der Waals surface area contributed by atoms with E-state index in [2.05, 4.69) is 30.2 Å². The number of anilines is 2. The first-order valence-corrected chi connectivity index (χ1v) is 15.3. The van der Waals surface area contributed by atoms with Crippen LogP contribution in [0.15, 0.2) is 59.8 Å². The minimum atomic E-state index is -3.72. The van der Waals surface area contributed by atoms with Crippen LogP contribution in [0.3, 0.4) is 0 Å². The number of nitrogens with two attached hydrogens (primary N) is 1. The van der Waals surface area contributed by atoms with Crippen molar-refractivity contribution in [3.05, 3.63) is 66.4 Å². The second-order valence-electron chi connectivity index (χ2n) is 10.7. The SMILES string of the molecule is CS(=O)(=O)c1c(C2C[C@H]3CC[C@@H](C2)N3c2n[nH]c(C=O)n2)nc2c(-c3ccc(-c4ccccc4)nc3)cnn2c1N. The van der Waals surface area contributed by atoms with Crippen LogP contribution >= 0.6 is 0 Å². The molecule has 0 spiro atoms. The summed E-state index contributed by atoms with van der Waals surface area (Å²) in [6.45, 7) is 0. The van der Waals surface area contributed by atoms with E-state index >= 15 is 0 Å². The molecule has 1 aromatic carbocycles. The van der Waals surface area contributed by atoms with E-state index in [4.69, 9.17) is 10.7 Å². The number of nitrogen functional groups attached to an aromatic ring is 1. The third-order valence-corrected chi connectivity index (χ3v) is 9.29. The molecule has 0 radical (unpaired) electrons. The van der Waals surface area contributed by atoms with Gasteiger partial charge in [-0.1, -0.05) is 36.4 Å². The van der Waals surface area contributed by atoms with Gasteiger partial charge in [0.1, 0.15) is 10.7 Å². The molecule has 7 rings (SSSR count). The predicted molar refractivity (Wildman–Crippen MR) is 152 cm³/mol. The third kappa shape index (κ3) is 4.24. The van der Waals surface area contributed by atoms with E-state index in [9.17, 15) is 13.2 Å². The van der Waals surface area contributed by atoms with Gasteiger partial charge in [0.15, 0.2) is 27.6 Å². The summed E-state index contributed by atoms with van der Waals surface area (Å²) in [6.07, 6.45) is 8.35. The van der Waals surface area contributed by atoms with Crippen molar-refractivity contribution in [3.63, 3.8) is 0 Å². The fourth-order valence-electron chi connectivity index (χ4n) is 6.37. The molecule has 6 heterocycles. The van der Waals surface area contributed by atoms with Crippen molar-refractivity contribution in [1.29, 1.82) is 0 Å². The number of pyridine rings is 1. The summed E-state index contributed by atoms with van der Waals surface area (Å²) >= 11 is 0. The number of sulfone groups is 1. The average molecular weight is 570 g/mol. The van der Waals surface area contributed by atoms with Gasteiger partial charge in [0.25, 0.3) is 0 Å². The van der Waals surface area contributed by atoms with Crippen LogP contribution in [-0.4, -0.2) is 67.8 Å². The van der Waals surface area contributed by atoms with Crippen molar-refractivity contribution >= 4 is 33.5 Å². The number of piperidine rings is 1. The number of carbonyl (C=O) groups is 1. The number of hydrogen-bond donors (Lipinski definition) is 2. The number of hydrogen-bond acceptors (Lipinski definition) is 10. The zero-order valence-electron chi connectivity index (χ0n) is 22.2. The van der Waals surface area contributed by atoms with E-state index in [1.54, 1.807) is 12.4 Å². The fourth-order valence-corrected chi connectivity index (χ4v) is 7.43. The summed E-state index contributed by atoms with van der Waals surface area (Å²) in [5.74, 6) is 0.577. The van der Waals surface area contributed by atoms with Gasteiger partial charge in [0.05, 0.1) is 17.6 Å². The summed E-state index contributed by atoms with van der Waals surface area (Å²) in [6, 6.07) is 14.0. The van der Waals surface area contributed by atoms with Crippen LogP contribution < -0.4 is 10.6 Å². The van der Waals surface area contributed by atoms with E-state index < -0.39 is 9.84 Å². The van der Waals surface area contributed by atoms with Gasteiger partial charge in [-0.2, -0.15) is 14.6 Å². The first-order valence-electron chi connectivity index (χ1n) is 13.4. The highest BCUT2D eigenvalue weighted by molar-refractivity contribution is 7.91. The zero-order valence-corrected chi connectivity index (χ0v) is 23.0. The number of H-pyrrole nitrogens is 1. The monoisotopic (exact) mass is 569 g/mol. The highest BCUT2D eigenvalue weighted by atomic mass is 32.2. The minimum Gasteiger partial charge on any atom is -0.382 e. The maximum Gasteiger partial charge on any atom is 0.245 e. The lowest BCUT2D eigenvalue weighted by Gasteiger charge is -2.38. The molecule has 3 N–H and O–H groups in total. The van der Waals surface area contributed by atoms with E-state index in [0.29, 0.717) is 42.0 Å². The van der Waals surface area contributed by atoms with Crippen LogP contribution in [-0.2, 0) is 9.84 Å². The lowest BCUT2D eigenvalue weighted by molar-refractivity contribution is 0.111. The summed E-state index contributed by atoms with van der Waals surface area (Å²) in [5.41, 5.74) is 10.8. The minimum absolute atomic E-state index is 0.0242. The molecular formula is C28H27N9O3S. The number of fused-ring (bicyclic) bond motifs is 3. The lowest BCUT2D eigenvalue weighted by atomic mass is 9.88. The van der Waals surface area contributed by atoms with E-state index in [1.165, 1.54) is 4.52 Å². The van der Waals surface area contributed by atoms with Gasteiger partial charge < -0.3 is 10.6 Å². The highest BCUT2D eigenvalue weighted by Gasteiger charge is 2.44. The van der Waals surface area contributed by atoms with E-state index in [0.717, 1.165) is 35.9 Å². The molecule has 12 nitrogen and oxygen atoms in total. The van der Waals surface area contributed by atoms with Crippen LogP contribution in [0.4, 0.5) is 11.8 Å². The molecule has 2 saturated heterocycles. The second kappa shape index (κ2) is 9.47. The Labute approximate surface area is 235 Å². The molecule has 0 amide bonds. The normalized spacial score (nSPS) is 20.5. The smallest absolute Gasteiger partial charge is 0.245 e. The summed E-state index contributed by atoms with van der Waals surface area (Å²) in [4.78, 5) is 27.2. The van der Waals surface area contributed by atoms with Crippen LogP contribution in [0.1, 0.15) is 47.9 Å². The molecule has 2 aliphatic rings. The third-order valence-electron chi connectivity index (χ3n) is 8.13. The van der Waals surface area contributed by atoms with Crippen molar-refractivity contribution in [2.45, 2.75) is 48.6 Å². The Hall–Kier alpha value is -4.65. The molecule has 2 fully saturated rings. The largest absolute Gasteiger partial charge is 0.382 e. The molecule has 2 bridgehead atoms. The van der Waals surface area contributed by atoms with Crippen LogP contribution in [0.5, 0.6) is 0 Å². The fraction of sp³-hybridized carbons (Fsp3) is 0.286. The number of benzene rings is 1. The van der Waals surface area contributed by atoms with Crippen LogP contribution in [0.2, 0.25) is 0 Å². The topological polar surface area (TPSA) is 165 Å². The van der Waals surface area contributed by atoms with Gasteiger partial charge >= 0.3 is 0 Å². The van der Waals surface area contributed by atoms with Crippen molar-refractivity contribution in [3.8, 4) is 22.4 Å². The van der Waals surface area contributed by atoms with Gasteiger partial charge in [-0.25, -0.2) is 13.4 Å². The average Bonchev–Trinajstić information content (AvgIpc) is 3.68. The van der Waals surface area contributed by atoms with Crippen LogP contribution in [0, 0.1) is 0 Å². The maximum atomic E-state index is 13.1. The van der Waals surface area contributed by atoms with Gasteiger partial charge in [-0.3, -0.25) is 14.9 Å². The number of aromatic nitrogens is 7. The molecule has 3 atom stereocenters. The number of aldehydes is 1. The Morgan fingerprint density at radius 1 is 1.00 bits per heavy atom. The molecule has 4 aromatic heterocycles. The Kier molecular flexibility index (Phi) is 5.85. The summed E-state index contributed by atoms with van der Waals surface area (Å²) < 4.78 is 27.5. The number of aromatic amines is 1. The number of nitrogens with one attached hydrogen (secondary N) is 1. The first kappa shape index (κ1) is 25.3. The number of rotatable bonds is 6. The number of nitrogens with zero attached hydrogens (tertiary/aromatic N) is 7. The van der Waals surface area contributed by atoms with Crippen LogP contribution in [0.25, 0.3) is 28.0 Å². The lowest BCUT2D eigenvalue weighted by Crippen LogP contribution is -2.43. The van der Waals surface area contributed by atoms with Crippen molar-refractivity contribution in [2.24, 2.45) is 0 Å². The molecule has 1 unspecified atom stereocenters. The Morgan fingerprint density at radius 3 is 2.39 bits per heavy atom. The van der Waals surface area contributed by atoms with Crippen molar-refractivity contribution in [2.75, 3.05) is 16.9 Å². The molecule has 2 aliphatic heterocycles. The standard InChI is InChI=1S/C28H27N9O3S/c1-41(39,40)25-24(18-11-19-8-9-20(12-18)36(19)28-32-23(15-38)34-35-28)33-27-21(14-31-37(27)26(25)29)17-7-10-22(30-13-17)16-5-3-2-4-6-16/h2-7,10,13-15,18-20H,8-9,11-12,29H2,1H3,(H,32,34,35)/t18?,19-,20+. The quantitative estimate of drug-likeness (QED) is 0.290. The Bertz CT molecular complexity index is 1870. The molecule has 0 aliphatic carbocycles. The van der Waals surface area contributed by atoms with Gasteiger partial charge in [-0.15, -0.1) is 5.10 Å². The van der Waals surface area contributed by atoms with Gasteiger partial charge in [-0.05, 0) is 31.7 Å². The molecule has 41 heavy (non-hydrogen) atoms. The highest BCUT2D eigenvalue weighted by Crippen LogP contribution is 2.46. The molecule has 0 saturated carbocycles. The summed E-state index contributed by atoms with van der Waals surface area (Å²) in [5, 5.41) is 11.3. The Morgan fingerprint density at radius 2 is 1.76 bits per heavy atom. The molecule has 208 valence electrons. The Balaban J connectivity index is 1.29. The van der Waals surface area contributed by atoms with E-state index in [-0.39, 0.29) is 34.5 Å². The molecule has 5 aromatic rings. The predicted octanol–water partition coefficient (Wildman–Crippen LogP) is 3.29. The van der Waals surface area contributed by atoms with Crippen molar-refractivity contribution < 1.29 is 13.2 Å². The zero-order chi connectivity index (χ0) is 28.3. The van der Waals surface area contributed by atoms with Gasteiger partial charge in [0, 0.05) is 47.1 Å². The summed E-state index contributed by atoms with van der Waals surface area (Å²) in [7, 11) is -3.72. The van der Waals surface area contributed by atoms with E-state index in [1.807, 2.05) is 42.5 Å². The second-order valence-corrected chi connectivity index (χ2v) is 12.6. The number of carbonyl (C=O) groups excluding carboxylic acids is 1. The first-order chi connectivity index (χ1) is 19.8. The van der Waals surface area contributed by atoms with Gasteiger partial charge in [0.2, 0.25) is 5.95 Å². The molecule has 13 heteroatoms. The molecular weight excluding hydrogens is 542 g/mol. The van der Waals surface area contributed by atoms with Crippen molar-refractivity contribution in [1.82, 2.24) is 34.8 Å².